The molecule has 43 heavy (non-hydrogen) atoms. The highest BCUT2D eigenvalue weighted by molar-refractivity contribution is 9.11. The minimum Gasteiger partial charge on any atom is -0.487 e. The van der Waals surface area contributed by atoms with Gasteiger partial charge in [0.15, 0.2) is 0 Å². The summed E-state index contributed by atoms with van der Waals surface area (Å²) in [5, 5.41) is 12.6. The van der Waals surface area contributed by atoms with Gasteiger partial charge in [-0.3, -0.25) is 0 Å². The van der Waals surface area contributed by atoms with E-state index in [2.05, 4.69) is 67.2 Å². The number of ether oxygens (including phenoxy) is 1. The van der Waals surface area contributed by atoms with Gasteiger partial charge in [0.05, 0.1) is 8.95 Å². The van der Waals surface area contributed by atoms with E-state index in [1.165, 1.54) is 10.8 Å². The quantitative estimate of drug-likeness (QED) is 0.157. The van der Waals surface area contributed by atoms with Gasteiger partial charge in [-0.05, 0) is 85.3 Å². The first-order chi connectivity index (χ1) is 20.9. The van der Waals surface area contributed by atoms with Crippen LogP contribution in [0.1, 0.15) is 27.8 Å². The van der Waals surface area contributed by atoms with E-state index in [-0.39, 0.29) is 5.88 Å². The molecule has 0 saturated carbocycles. The molecule has 210 valence electrons. The summed E-state index contributed by atoms with van der Waals surface area (Å²) in [5.41, 5.74) is 7.12. The Morgan fingerprint density at radius 2 is 1.44 bits per heavy atom. The monoisotopic (exact) mass is 688 g/mol. The highest BCUT2D eigenvalue weighted by Crippen LogP contribution is 2.43. The fraction of sp³-hybridized carbons (Fsp3) is 0.0811. The molecule has 0 bridgehead atoms. The summed E-state index contributed by atoms with van der Waals surface area (Å²) >= 11 is 7.34. The van der Waals surface area contributed by atoms with Crippen LogP contribution in [0.2, 0.25) is 0 Å². The SMILES string of the molecule is Cc1ccc(-c2oc(N=Cc3cc(Br)c(OCc4cccc5ccccc45)c(Br)c3)c(C#N)c2-c2ccc(C)cc2)cc1. The molecule has 0 radical (unpaired) electrons. The molecule has 0 spiro atoms. The molecule has 6 aromatic rings. The van der Waals surface area contributed by atoms with Crippen LogP contribution in [0.3, 0.4) is 0 Å². The molecule has 0 aliphatic heterocycles. The molecule has 6 heteroatoms. The van der Waals surface area contributed by atoms with E-state index in [0.29, 0.717) is 23.7 Å². The zero-order valence-corrected chi connectivity index (χ0v) is 26.7. The molecule has 0 N–H and O–H groups in total. The zero-order chi connectivity index (χ0) is 29.9. The number of fused-ring (bicyclic) bond motifs is 1. The first kappa shape index (κ1) is 28.7. The van der Waals surface area contributed by atoms with E-state index >= 15 is 0 Å². The number of benzene rings is 5. The third kappa shape index (κ3) is 6.06. The lowest BCUT2D eigenvalue weighted by molar-refractivity contribution is 0.303. The molecule has 1 aromatic heterocycles. The fourth-order valence-corrected chi connectivity index (χ4v) is 6.46. The average molecular weight is 690 g/mol. The molecule has 5 aromatic carbocycles. The van der Waals surface area contributed by atoms with E-state index < -0.39 is 0 Å². The molecular formula is C37H26Br2N2O2. The van der Waals surface area contributed by atoms with E-state index in [9.17, 15) is 5.26 Å². The maximum atomic E-state index is 10.2. The Bertz CT molecular complexity index is 1990. The van der Waals surface area contributed by atoms with Crippen molar-refractivity contribution in [1.29, 1.82) is 5.26 Å². The van der Waals surface area contributed by atoms with E-state index in [1.54, 1.807) is 6.21 Å². The molecule has 0 unspecified atom stereocenters. The van der Waals surface area contributed by atoms with Gasteiger partial charge in [-0.1, -0.05) is 102 Å². The zero-order valence-electron chi connectivity index (χ0n) is 23.6. The van der Waals surface area contributed by atoms with Gasteiger partial charge in [0.1, 0.15) is 29.7 Å². The summed E-state index contributed by atoms with van der Waals surface area (Å²) in [6.07, 6.45) is 1.70. The Balaban J connectivity index is 1.32. The summed E-state index contributed by atoms with van der Waals surface area (Å²) in [4.78, 5) is 4.66. The first-order valence-corrected chi connectivity index (χ1v) is 15.3. The molecule has 6 rings (SSSR count). The Kier molecular flexibility index (Phi) is 8.29. The number of furan rings is 1. The Labute approximate surface area is 267 Å². The van der Waals surface area contributed by atoms with Gasteiger partial charge in [-0.25, -0.2) is 4.99 Å². The van der Waals surface area contributed by atoms with E-state index in [4.69, 9.17) is 9.15 Å². The lowest BCUT2D eigenvalue weighted by Gasteiger charge is -2.13. The Hall–Kier alpha value is -4.44. The molecular weight excluding hydrogens is 664 g/mol. The van der Waals surface area contributed by atoms with Crippen LogP contribution in [0.4, 0.5) is 5.88 Å². The van der Waals surface area contributed by atoms with Gasteiger partial charge < -0.3 is 9.15 Å². The lowest BCUT2D eigenvalue weighted by Crippen LogP contribution is -1.98. The summed E-state index contributed by atoms with van der Waals surface area (Å²) in [6, 6.07) is 36.9. The maximum absolute atomic E-state index is 10.2. The number of aliphatic imine (C=N–C) groups is 1. The third-order valence-corrected chi connectivity index (χ3v) is 8.44. The molecule has 1 heterocycles. The van der Waals surface area contributed by atoms with E-state index in [1.807, 2.05) is 92.7 Å². The van der Waals surface area contributed by atoms with Crippen molar-refractivity contribution in [3.05, 3.63) is 140 Å². The summed E-state index contributed by atoms with van der Waals surface area (Å²) < 4.78 is 14.1. The number of nitrogens with zero attached hydrogens (tertiary/aromatic N) is 2. The average Bonchev–Trinajstić information content (AvgIpc) is 3.39. The summed E-state index contributed by atoms with van der Waals surface area (Å²) in [7, 11) is 0. The van der Waals surface area contributed by atoms with Gasteiger partial charge >= 0.3 is 0 Å². The van der Waals surface area contributed by atoms with E-state index in [0.717, 1.165) is 47.9 Å². The number of hydrogen-bond acceptors (Lipinski definition) is 4. The largest absolute Gasteiger partial charge is 0.487 e. The summed E-state index contributed by atoms with van der Waals surface area (Å²) in [5.74, 6) is 1.58. The van der Waals surface area contributed by atoms with Crippen molar-refractivity contribution in [2.75, 3.05) is 0 Å². The number of halogens is 2. The summed E-state index contributed by atoms with van der Waals surface area (Å²) in [6.45, 7) is 4.50. The van der Waals surface area contributed by atoms with Crippen molar-refractivity contribution >= 4 is 54.7 Å². The molecule has 4 nitrogen and oxygen atoms in total. The standard InChI is InChI=1S/C37H26Br2N2O2/c1-23-10-14-27(15-11-23)34-31(20-40)37(43-35(34)28-16-12-24(2)13-17-28)41-21-25-18-32(38)36(33(39)19-25)42-22-29-8-5-7-26-6-3-4-9-30(26)29/h3-19,21H,22H2,1-2H3. The van der Waals surface area contributed by atoms with Crippen molar-refractivity contribution in [2.24, 2.45) is 4.99 Å². The molecule has 0 saturated heterocycles. The van der Waals surface area contributed by atoms with Crippen molar-refractivity contribution in [1.82, 2.24) is 0 Å². The molecule has 0 aliphatic carbocycles. The second kappa shape index (κ2) is 12.4. The van der Waals surface area contributed by atoms with Gasteiger partial charge in [-0.2, -0.15) is 5.26 Å². The second-order valence-electron chi connectivity index (χ2n) is 10.3. The smallest absolute Gasteiger partial charge is 0.238 e. The lowest BCUT2D eigenvalue weighted by atomic mass is 9.97. The van der Waals surface area contributed by atoms with Crippen LogP contribution in [0.25, 0.3) is 33.2 Å². The Morgan fingerprint density at radius 3 is 2.12 bits per heavy atom. The van der Waals surface area contributed by atoms with Crippen molar-refractivity contribution in [3.8, 4) is 34.3 Å². The van der Waals surface area contributed by atoms with Crippen LogP contribution >= 0.6 is 31.9 Å². The second-order valence-corrected chi connectivity index (χ2v) is 12.0. The highest BCUT2D eigenvalue weighted by Gasteiger charge is 2.23. The normalized spacial score (nSPS) is 11.2. The number of aryl methyl sites for hydroxylation is 2. The van der Waals surface area contributed by atoms with Crippen LogP contribution in [0.15, 0.2) is 121 Å². The van der Waals surface area contributed by atoms with Gasteiger partial charge in [0.25, 0.3) is 0 Å². The van der Waals surface area contributed by atoms with Gasteiger partial charge in [0, 0.05) is 17.3 Å². The van der Waals surface area contributed by atoms with Crippen LogP contribution in [-0.4, -0.2) is 6.21 Å². The van der Waals surface area contributed by atoms with Crippen LogP contribution in [0.5, 0.6) is 5.75 Å². The van der Waals surface area contributed by atoms with Crippen LogP contribution < -0.4 is 4.74 Å². The van der Waals surface area contributed by atoms with Crippen LogP contribution in [-0.2, 0) is 6.61 Å². The number of nitriles is 1. The molecule has 0 atom stereocenters. The molecule has 0 aliphatic rings. The van der Waals surface area contributed by atoms with Crippen molar-refractivity contribution in [2.45, 2.75) is 20.5 Å². The topological polar surface area (TPSA) is 58.5 Å². The number of hydrogen-bond donors (Lipinski definition) is 0. The predicted octanol–water partition coefficient (Wildman–Crippen LogP) is 11.1. The fourth-order valence-electron chi connectivity index (χ4n) is 5.01. The van der Waals surface area contributed by atoms with Crippen molar-refractivity contribution < 1.29 is 9.15 Å². The third-order valence-electron chi connectivity index (χ3n) is 7.26. The van der Waals surface area contributed by atoms with Gasteiger partial charge in [-0.15, -0.1) is 0 Å². The maximum Gasteiger partial charge on any atom is 0.238 e. The molecule has 0 amide bonds. The minimum atomic E-state index is 0.261. The first-order valence-electron chi connectivity index (χ1n) is 13.7. The highest BCUT2D eigenvalue weighted by atomic mass is 79.9. The van der Waals surface area contributed by atoms with Gasteiger partial charge in [0.2, 0.25) is 5.88 Å². The van der Waals surface area contributed by atoms with Crippen molar-refractivity contribution in [3.63, 3.8) is 0 Å². The molecule has 0 fully saturated rings. The Morgan fingerprint density at radius 1 is 0.814 bits per heavy atom. The van der Waals surface area contributed by atoms with Crippen LogP contribution in [0, 0.1) is 25.2 Å². The predicted molar refractivity (Wildman–Crippen MR) is 181 cm³/mol. The number of rotatable bonds is 7. The minimum absolute atomic E-state index is 0.261.